The van der Waals surface area contributed by atoms with Gasteiger partial charge in [0.15, 0.2) is 11.5 Å². The highest BCUT2D eigenvalue weighted by molar-refractivity contribution is 7.92. The second-order valence-electron chi connectivity index (χ2n) is 7.87. The Bertz CT molecular complexity index is 1500. The number of aryl methyl sites for hydroxylation is 1. The minimum atomic E-state index is -4.91. The number of imidazole rings is 1. The third-order valence-electron chi connectivity index (χ3n) is 5.42. The lowest BCUT2D eigenvalue weighted by atomic mass is 10.2. The summed E-state index contributed by atoms with van der Waals surface area (Å²) in [6.45, 7) is 1.23. The molecule has 37 heavy (non-hydrogen) atoms. The maximum absolute atomic E-state index is 13.7. The van der Waals surface area contributed by atoms with Crippen molar-refractivity contribution in [1.29, 1.82) is 0 Å². The van der Waals surface area contributed by atoms with Crippen molar-refractivity contribution >= 4 is 21.5 Å². The van der Waals surface area contributed by atoms with Crippen molar-refractivity contribution in [3.05, 3.63) is 89.7 Å². The van der Waals surface area contributed by atoms with Crippen LogP contribution in [0.25, 0.3) is 5.65 Å². The van der Waals surface area contributed by atoms with Gasteiger partial charge < -0.3 is 9.14 Å². The lowest BCUT2D eigenvalue weighted by Crippen LogP contribution is -2.31. The van der Waals surface area contributed by atoms with Gasteiger partial charge in [0.05, 0.1) is 22.7 Å². The van der Waals surface area contributed by atoms with Gasteiger partial charge in [0.25, 0.3) is 10.0 Å². The van der Waals surface area contributed by atoms with Gasteiger partial charge in [-0.2, -0.15) is 13.2 Å². The lowest BCUT2D eigenvalue weighted by molar-refractivity contribution is -0.274. The van der Waals surface area contributed by atoms with Crippen LogP contribution in [-0.4, -0.2) is 24.2 Å². The molecule has 0 bridgehead atoms. The molecule has 4 aromatic rings. The summed E-state index contributed by atoms with van der Waals surface area (Å²) in [5, 5.41) is 0. The summed E-state index contributed by atoms with van der Waals surface area (Å²) >= 11 is 0. The normalized spacial score (nSPS) is 12.6. The van der Waals surface area contributed by atoms with Gasteiger partial charge in [0, 0.05) is 6.20 Å². The average molecular weight is 543 g/mol. The molecule has 2 aromatic heterocycles. The van der Waals surface area contributed by atoms with E-state index >= 15 is 0 Å². The molecule has 0 spiro atoms. The molecular formula is C24H19F6N3O3S. The second kappa shape index (κ2) is 9.61. The molecule has 0 N–H and O–H groups in total. The zero-order valence-electron chi connectivity index (χ0n) is 19.1. The molecule has 0 aliphatic rings. The largest absolute Gasteiger partial charge is 0.573 e. The Morgan fingerprint density at radius 2 is 1.57 bits per heavy atom. The maximum atomic E-state index is 13.7. The number of nitrogens with zero attached hydrogens (tertiary/aromatic N) is 3. The molecule has 0 atom stereocenters. The van der Waals surface area contributed by atoms with Gasteiger partial charge in [-0.05, 0) is 48.4 Å². The second-order valence-corrected chi connectivity index (χ2v) is 9.73. The molecule has 4 rings (SSSR count). The van der Waals surface area contributed by atoms with Crippen LogP contribution < -0.4 is 9.04 Å². The van der Waals surface area contributed by atoms with Crippen molar-refractivity contribution in [3.8, 4) is 5.75 Å². The van der Waals surface area contributed by atoms with E-state index in [1.54, 1.807) is 13.0 Å². The number of pyridine rings is 1. The van der Waals surface area contributed by atoms with Gasteiger partial charge in [-0.3, -0.25) is 0 Å². The number of alkyl halides is 6. The molecule has 13 heteroatoms. The van der Waals surface area contributed by atoms with E-state index < -0.39 is 46.1 Å². The standard InChI is InChI=1S/C24H19F6N3O3S/c1-2-20-22(31-21-19(23(25,26)27)9-6-14-32(20)21)33(37(34,35)18-7-4-3-5-8-18)15-16-10-12-17(13-11-16)36-24(28,29)30/h3-14H,2,15H2,1H3. The Morgan fingerprint density at radius 1 is 0.919 bits per heavy atom. The van der Waals surface area contributed by atoms with Crippen molar-refractivity contribution in [2.45, 2.75) is 37.3 Å². The highest BCUT2D eigenvalue weighted by atomic mass is 32.2. The number of ether oxygens (including phenoxy) is 1. The first-order chi connectivity index (χ1) is 17.3. The van der Waals surface area contributed by atoms with Crippen LogP contribution in [-0.2, 0) is 29.2 Å². The van der Waals surface area contributed by atoms with E-state index in [0.29, 0.717) is 0 Å². The third kappa shape index (κ3) is 5.50. The van der Waals surface area contributed by atoms with E-state index in [4.69, 9.17) is 0 Å². The summed E-state index contributed by atoms with van der Waals surface area (Å²) in [7, 11) is -4.35. The Kier molecular flexibility index (Phi) is 6.84. The molecule has 0 saturated carbocycles. The fraction of sp³-hybridized carbons (Fsp3) is 0.208. The fourth-order valence-electron chi connectivity index (χ4n) is 3.81. The van der Waals surface area contributed by atoms with Crippen LogP contribution in [0.5, 0.6) is 5.75 Å². The quantitative estimate of drug-likeness (QED) is 0.260. The van der Waals surface area contributed by atoms with Crippen LogP contribution in [0.3, 0.4) is 0 Å². The number of sulfonamides is 1. The number of hydrogen-bond acceptors (Lipinski definition) is 4. The Hall–Kier alpha value is -3.74. The number of fused-ring (bicyclic) bond motifs is 1. The predicted molar refractivity (Wildman–Crippen MR) is 123 cm³/mol. The Labute approximate surface area is 207 Å². The lowest BCUT2D eigenvalue weighted by Gasteiger charge is -2.24. The predicted octanol–water partition coefficient (Wildman–Crippen LogP) is 6.21. The molecule has 0 fully saturated rings. The highest BCUT2D eigenvalue weighted by Gasteiger charge is 2.37. The molecular weight excluding hydrogens is 524 g/mol. The van der Waals surface area contributed by atoms with E-state index in [1.165, 1.54) is 53.1 Å². The highest BCUT2D eigenvalue weighted by Crippen LogP contribution is 2.36. The van der Waals surface area contributed by atoms with Gasteiger partial charge in [-0.15, -0.1) is 13.2 Å². The molecule has 6 nitrogen and oxygen atoms in total. The molecule has 196 valence electrons. The number of aromatic nitrogens is 2. The van der Waals surface area contributed by atoms with Crippen molar-refractivity contribution in [2.24, 2.45) is 0 Å². The average Bonchev–Trinajstić information content (AvgIpc) is 3.20. The maximum Gasteiger partial charge on any atom is 0.573 e. The number of halogens is 6. The summed E-state index contributed by atoms with van der Waals surface area (Å²) in [6.07, 6.45) is -8.16. The summed E-state index contributed by atoms with van der Waals surface area (Å²) in [5.74, 6) is -0.732. The minimum Gasteiger partial charge on any atom is -0.406 e. The number of hydrogen-bond donors (Lipinski definition) is 0. The number of anilines is 1. The number of benzene rings is 2. The topological polar surface area (TPSA) is 63.9 Å². The summed E-state index contributed by atoms with van der Waals surface area (Å²) < 4.78 is 112. The van der Waals surface area contributed by atoms with E-state index in [9.17, 15) is 34.8 Å². The molecule has 0 aliphatic heterocycles. The number of rotatable bonds is 7. The minimum absolute atomic E-state index is 0.136. The summed E-state index contributed by atoms with van der Waals surface area (Å²) in [5.41, 5.74) is -1.05. The fourth-order valence-corrected chi connectivity index (χ4v) is 5.26. The Balaban J connectivity index is 1.88. The van der Waals surface area contributed by atoms with Crippen LogP contribution in [0, 0.1) is 0 Å². The third-order valence-corrected chi connectivity index (χ3v) is 7.17. The van der Waals surface area contributed by atoms with Crippen molar-refractivity contribution in [1.82, 2.24) is 9.38 Å². The molecule has 0 saturated heterocycles. The first-order valence-corrected chi connectivity index (χ1v) is 12.2. The van der Waals surface area contributed by atoms with Crippen LogP contribution >= 0.6 is 0 Å². The van der Waals surface area contributed by atoms with E-state index in [1.807, 2.05) is 0 Å². The molecule has 0 radical (unpaired) electrons. The zero-order valence-corrected chi connectivity index (χ0v) is 19.9. The smallest absolute Gasteiger partial charge is 0.406 e. The van der Waals surface area contributed by atoms with Crippen LogP contribution in [0.4, 0.5) is 32.2 Å². The molecule has 0 aliphatic carbocycles. The SMILES string of the molecule is CCc1c(N(Cc2ccc(OC(F)(F)F)cc2)S(=O)(=O)c2ccccc2)nc2c(C(F)(F)F)cccn12. The van der Waals surface area contributed by atoms with Gasteiger partial charge in [-0.1, -0.05) is 37.3 Å². The summed E-state index contributed by atoms with van der Waals surface area (Å²) in [4.78, 5) is 3.98. The van der Waals surface area contributed by atoms with Crippen LogP contribution in [0.2, 0.25) is 0 Å². The van der Waals surface area contributed by atoms with E-state index in [2.05, 4.69) is 9.72 Å². The van der Waals surface area contributed by atoms with E-state index in [0.717, 1.165) is 22.5 Å². The molecule has 2 heterocycles. The molecule has 2 aromatic carbocycles. The first-order valence-electron chi connectivity index (χ1n) is 10.8. The van der Waals surface area contributed by atoms with Crippen molar-refractivity contribution in [3.63, 3.8) is 0 Å². The van der Waals surface area contributed by atoms with Crippen molar-refractivity contribution < 1.29 is 39.5 Å². The van der Waals surface area contributed by atoms with Gasteiger partial charge >= 0.3 is 12.5 Å². The van der Waals surface area contributed by atoms with Gasteiger partial charge in [0.2, 0.25) is 0 Å². The summed E-state index contributed by atoms with van der Waals surface area (Å²) in [6, 6.07) is 13.8. The van der Waals surface area contributed by atoms with E-state index in [-0.39, 0.29) is 28.4 Å². The van der Waals surface area contributed by atoms with Crippen LogP contribution in [0.15, 0.2) is 77.8 Å². The monoisotopic (exact) mass is 543 g/mol. The van der Waals surface area contributed by atoms with Gasteiger partial charge in [-0.25, -0.2) is 17.7 Å². The molecule has 0 unspecified atom stereocenters. The zero-order chi connectivity index (χ0) is 27.0. The van der Waals surface area contributed by atoms with Crippen molar-refractivity contribution in [2.75, 3.05) is 4.31 Å². The van der Waals surface area contributed by atoms with Gasteiger partial charge in [0.1, 0.15) is 5.75 Å². The van der Waals surface area contributed by atoms with Crippen LogP contribution in [0.1, 0.15) is 23.7 Å². The Morgan fingerprint density at radius 3 is 2.14 bits per heavy atom. The molecule has 0 amide bonds. The first kappa shape index (κ1) is 26.3.